The molecule has 1 aromatic carbocycles. The number of ether oxygens (including phenoxy) is 1. The molecule has 2 heteroatoms. The molecule has 1 saturated heterocycles. The van der Waals surface area contributed by atoms with Gasteiger partial charge in [-0.3, -0.25) is 4.79 Å². The molecular formula is C13H16O2. The van der Waals surface area contributed by atoms with E-state index in [9.17, 15) is 4.79 Å². The van der Waals surface area contributed by atoms with E-state index in [-0.39, 0.29) is 11.7 Å². The van der Waals surface area contributed by atoms with Crippen LogP contribution in [0.25, 0.3) is 0 Å². The quantitative estimate of drug-likeness (QED) is 0.545. The van der Waals surface area contributed by atoms with Crippen molar-refractivity contribution >= 4 is 5.78 Å². The van der Waals surface area contributed by atoms with Gasteiger partial charge in [0.1, 0.15) is 0 Å². The summed E-state index contributed by atoms with van der Waals surface area (Å²) in [7, 11) is 0. The molecule has 0 bridgehead atoms. The highest BCUT2D eigenvalue weighted by molar-refractivity contribution is 5.97. The lowest BCUT2D eigenvalue weighted by Gasteiger charge is -2.08. The van der Waals surface area contributed by atoms with Gasteiger partial charge < -0.3 is 4.74 Å². The van der Waals surface area contributed by atoms with Gasteiger partial charge in [0.25, 0.3) is 0 Å². The molecule has 0 radical (unpaired) electrons. The zero-order chi connectivity index (χ0) is 10.7. The van der Waals surface area contributed by atoms with E-state index < -0.39 is 0 Å². The summed E-state index contributed by atoms with van der Waals surface area (Å²) in [5.41, 5.74) is 0.821. The lowest BCUT2D eigenvalue weighted by atomic mass is 9.94. The Labute approximate surface area is 90.3 Å². The van der Waals surface area contributed by atoms with Crippen LogP contribution >= 0.6 is 0 Å². The Morgan fingerprint density at radius 1 is 1.47 bits per heavy atom. The third kappa shape index (κ3) is 2.90. The van der Waals surface area contributed by atoms with Gasteiger partial charge in [0, 0.05) is 11.5 Å². The van der Waals surface area contributed by atoms with Gasteiger partial charge in [0.2, 0.25) is 0 Å². The highest BCUT2D eigenvalue weighted by Gasteiger charge is 2.24. The fourth-order valence-electron chi connectivity index (χ4n) is 1.69. The van der Waals surface area contributed by atoms with Crippen molar-refractivity contribution in [3.8, 4) is 0 Å². The Morgan fingerprint density at radius 2 is 2.13 bits per heavy atom. The first-order valence-corrected chi connectivity index (χ1v) is 5.48. The summed E-state index contributed by atoms with van der Waals surface area (Å²) < 4.78 is 5.13. The van der Waals surface area contributed by atoms with Gasteiger partial charge in [-0.1, -0.05) is 37.3 Å². The minimum atomic E-state index is 0.108. The summed E-state index contributed by atoms with van der Waals surface area (Å²) in [5, 5.41) is 0. The van der Waals surface area contributed by atoms with Crippen LogP contribution in [0.5, 0.6) is 0 Å². The molecule has 1 aromatic rings. The molecule has 2 nitrogen and oxygen atoms in total. The van der Waals surface area contributed by atoms with Crippen LogP contribution in [0, 0.1) is 5.92 Å². The second kappa shape index (κ2) is 4.58. The number of rotatable bonds is 5. The summed E-state index contributed by atoms with van der Waals surface area (Å²) in [5.74, 6) is 0.354. The fourth-order valence-corrected chi connectivity index (χ4v) is 1.69. The Kier molecular flexibility index (Phi) is 3.17. The van der Waals surface area contributed by atoms with Crippen molar-refractivity contribution in [3.63, 3.8) is 0 Å². The Morgan fingerprint density at radius 3 is 2.73 bits per heavy atom. The number of carbonyl (C=O) groups excluding carboxylic acids is 1. The molecule has 0 aromatic heterocycles. The van der Waals surface area contributed by atoms with Crippen LogP contribution in [0.1, 0.15) is 30.1 Å². The molecule has 2 rings (SSSR count). The van der Waals surface area contributed by atoms with E-state index in [4.69, 9.17) is 4.74 Å². The fraction of sp³-hybridized carbons (Fsp3) is 0.462. The smallest absolute Gasteiger partial charge is 0.165 e. The molecule has 80 valence electrons. The third-order valence-corrected chi connectivity index (χ3v) is 2.83. The molecule has 1 aliphatic rings. The zero-order valence-electron chi connectivity index (χ0n) is 8.98. The lowest BCUT2D eigenvalue weighted by molar-refractivity contribution is 0.0921. The van der Waals surface area contributed by atoms with Crippen molar-refractivity contribution in [2.24, 2.45) is 5.92 Å². The van der Waals surface area contributed by atoms with Crippen molar-refractivity contribution < 1.29 is 9.53 Å². The predicted molar refractivity (Wildman–Crippen MR) is 58.9 cm³/mol. The number of epoxide rings is 1. The first-order chi connectivity index (χ1) is 7.27. The minimum absolute atomic E-state index is 0.108. The summed E-state index contributed by atoms with van der Waals surface area (Å²) >= 11 is 0. The zero-order valence-corrected chi connectivity index (χ0v) is 8.98. The van der Waals surface area contributed by atoms with Crippen LogP contribution in [0.15, 0.2) is 30.3 Å². The third-order valence-electron chi connectivity index (χ3n) is 2.83. The van der Waals surface area contributed by atoms with Crippen LogP contribution in [0.3, 0.4) is 0 Å². The van der Waals surface area contributed by atoms with Crippen LogP contribution in [-0.2, 0) is 4.74 Å². The van der Waals surface area contributed by atoms with Gasteiger partial charge in [0.05, 0.1) is 12.7 Å². The van der Waals surface area contributed by atoms with E-state index in [1.807, 2.05) is 37.3 Å². The Balaban J connectivity index is 1.88. The number of benzene rings is 1. The number of ketones is 1. The minimum Gasteiger partial charge on any atom is -0.373 e. The number of hydrogen-bond acceptors (Lipinski definition) is 2. The maximum absolute atomic E-state index is 11.9. The normalized spacial score (nSPS) is 21.0. The SMILES string of the molecule is CC(CC[C@H]1CO1)C(=O)c1ccccc1. The predicted octanol–water partition coefficient (Wildman–Crippen LogP) is 2.68. The van der Waals surface area contributed by atoms with Gasteiger partial charge in [-0.25, -0.2) is 0 Å². The molecule has 0 N–H and O–H groups in total. The van der Waals surface area contributed by atoms with Crippen molar-refractivity contribution in [1.82, 2.24) is 0 Å². The van der Waals surface area contributed by atoms with Crippen LogP contribution in [0.4, 0.5) is 0 Å². The number of hydrogen-bond donors (Lipinski definition) is 0. The molecule has 0 aliphatic carbocycles. The van der Waals surface area contributed by atoms with E-state index in [0.717, 1.165) is 25.0 Å². The molecule has 0 saturated carbocycles. The van der Waals surface area contributed by atoms with Crippen LogP contribution in [0.2, 0.25) is 0 Å². The van der Waals surface area contributed by atoms with E-state index >= 15 is 0 Å². The summed E-state index contributed by atoms with van der Waals surface area (Å²) in [6, 6.07) is 9.51. The molecule has 15 heavy (non-hydrogen) atoms. The first kappa shape index (κ1) is 10.4. The molecule has 1 fully saturated rings. The van der Waals surface area contributed by atoms with Gasteiger partial charge in [-0.05, 0) is 12.8 Å². The number of carbonyl (C=O) groups is 1. The van der Waals surface area contributed by atoms with Gasteiger partial charge in [0.15, 0.2) is 5.78 Å². The lowest BCUT2D eigenvalue weighted by Crippen LogP contribution is -2.11. The first-order valence-electron chi connectivity index (χ1n) is 5.48. The average molecular weight is 204 g/mol. The highest BCUT2D eigenvalue weighted by atomic mass is 16.6. The van der Waals surface area contributed by atoms with Crippen molar-refractivity contribution in [3.05, 3.63) is 35.9 Å². The molecule has 1 aliphatic heterocycles. The van der Waals surface area contributed by atoms with Gasteiger partial charge in [-0.15, -0.1) is 0 Å². The Bertz CT molecular complexity index is 328. The average Bonchev–Trinajstić information content (AvgIpc) is 3.10. The largest absolute Gasteiger partial charge is 0.373 e. The summed E-state index contributed by atoms with van der Waals surface area (Å²) in [6.45, 7) is 2.88. The maximum atomic E-state index is 11.9. The monoisotopic (exact) mass is 204 g/mol. The molecule has 1 heterocycles. The van der Waals surface area contributed by atoms with E-state index in [0.29, 0.717) is 6.10 Å². The highest BCUT2D eigenvalue weighted by Crippen LogP contribution is 2.21. The second-order valence-corrected chi connectivity index (χ2v) is 4.16. The van der Waals surface area contributed by atoms with E-state index in [1.165, 1.54) is 0 Å². The topological polar surface area (TPSA) is 29.6 Å². The molecule has 0 spiro atoms. The second-order valence-electron chi connectivity index (χ2n) is 4.16. The molecular weight excluding hydrogens is 188 g/mol. The summed E-state index contributed by atoms with van der Waals surface area (Å²) in [6.07, 6.45) is 2.37. The summed E-state index contributed by atoms with van der Waals surface area (Å²) in [4.78, 5) is 11.9. The van der Waals surface area contributed by atoms with Gasteiger partial charge in [-0.2, -0.15) is 0 Å². The Hall–Kier alpha value is -1.15. The van der Waals surface area contributed by atoms with Crippen molar-refractivity contribution in [1.29, 1.82) is 0 Å². The number of Topliss-reactive ketones (excluding diaryl/α,β-unsaturated/α-hetero) is 1. The standard InChI is InChI=1S/C13H16O2/c1-10(7-8-12-9-15-12)13(14)11-5-3-2-4-6-11/h2-6,10,12H,7-9H2,1H3/t10?,12-/m0/s1. The maximum Gasteiger partial charge on any atom is 0.165 e. The van der Waals surface area contributed by atoms with E-state index in [1.54, 1.807) is 0 Å². The van der Waals surface area contributed by atoms with Crippen LogP contribution in [-0.4, -0.2) is 18.5 Å². The molecule has 0 amide bonds. The molecule has 1 unspecified atom stereocenters. The van der Waals surface area contributed by atoms with Crippen molar-refractivity contribution in [2.75, 3.05) is 6.61 Å². The van der Waals surface area contributed by atoms with Crippen LogP contribution < -0.4 is 0 Å². The molecule has 2 atom stereocenters. The van der Waals surface area contributed by atoms with E-state index in [2.05, 4.69) is 0 Å². The van der Waals surface area contributed by atoms with Gasteiger partial charge >= 0.3 is 0 Å². The van der Waals surface area contributed by atoms with Crippen molar-refractivity contribution in [2.45, 2.75) is 25.9 Å².